The number of carbonyl (C=O) groups excluding carboxylic acids is 2. The van der Waals surface area contributed by atoms with Crippen molar-refractivity contribution in [3.63, 3.8) is 0 Å². The Morgan fingerprint density at radius 2 is 1.71 bits per heavy atom. The summed E-state index contributed by atoms with van der Waals surface area (Å²) in [6.07, 6.45) is 0. The van der Waals surface area contributed by atoms with E-state index in [4.69, 9.17) is 0 Å². The molecule has 5 nitrogen and oxygen atoms in total. The monoisotopic (exact) mass is 256 g/mol. The van der Waals surface area contributed by atoms with Gasteiger partial charge >= 0.3 is 5.97 Å². The smallest absolute Gasteiger partial charge is 0.379 e. The molecule has 0 atom stereocenters. The van der Waals surface area contributed by atoms with Crippen LogP contribution in [0, 0.1) is 0 Å². The summed E-state index contributed by atoms with van der Waals surface area (Å²) in [6.45, 7) is 1.53. The zero-order valence-electron chi connectivity index (χ0n) is 9.47. The number of benzene rings is 1. The maximum atomic E-state index is 11.5. The Labute approximate surface area is 99.3 Å². The number of sulfone groups is 1. The van der Waals surface area contributed by atoms with E-state index in [0.29, 0.717) is 0 Å². The molecule has 1 rings (SSSR count). The lowest BCUT2D eigenvalue weighted by molar-refractivity contribution is -0.135. The average molecular weight is 256 g/mol. The first-order valence-corrected chi connectivity index (χ1v) is 6.53. The summed E-state index contributed by atoms with van der Waals surface area (Å²) in [5.41, 5.74) is 0.104. The molecular formula is C11H12O5S. The minimum atomic E-state index is -3.29. The third-order valence-corrected chi connectivity index (χ3v) is 3.98. The molecule has 0 radical (unpaired) electrons. The molecule has 0 saturated heterocycles. The molecule has 0 spiro atoms. The zero-order valence-corrected chi connectivity index (χ0v) is 10.3. The number of methoxy groups -OCH3 is 1. The fourth-order valence-electron chi connectivity index (χ4n) is 1.19. The van der Waals surface area contributed by atoms with E-state index >= 15 is 0 Å². The molecule has 0 aromatic heterocycles. The molecular weight excluding hydrogens is 244 g/mol. The van der Waals surface area contributed by atoms with Crippen LogP contribution in [-0.4, -0.2) is 33.0 Å². The summed E-state index contributed by atoms with van der Waals surface area (Å²) in [7, 11) is -2.19. The second kappa shape index (κ2) is 5.09. The Morgan fingerprint density at radius 3 is 2.12 bits per heavy atom. The highest BCUT2D eigenvalue weighted by Crippen LogP contribution is 2.12. The normalized spacial score (nSPS) is 10.9. The molecule has 0 heterocycles. The van der Waals surface area contributed by atoms with Crippen molar-refractivity contribution in [2.75, 3.05) is 12.9 Å². The number of Topliss-reactive ketones (excluding diaryl/α,β-unsaturated/α-hetero) is 1. The predicted octanol–water partition coefficient (Wildman–Crippen LogP) is 0.836. The van der Waals surface area contributed by atoms with E-state index in [2.05, 4.69) is 4.74 Å². The van der Waals surface area contributed by atoms with Crippen molar-refractivity contribution in [3.05, 3.63) is 29.8 Å². The highest BCUT2D eigenvalue weighted by molar-refractivity contribution is 7.91. The number of rotatable bonds is 4. The second-order valence-electron chi connectivity index (χ2n) is 3.25. The third kappa shape index (κ3) is 2.91. The fourth-order valence-corrected chi connectivity index (χ4v) is 2.07. The minimum Gasteiger partial charge on any atom is -0.463 e. The van der Waals surface area contributed by atoms with Crippen molar-refractivity contribution in [1.29, 1.82) is 0 Å². The quantitative estimate of drug-likeness (QED) is 0.453. The van der Waals surface area contributed by atoms with E-state index in [1.165, 1.54) is 31.2 Å². The Bertz CT molecular complexity index is 527. The van der Waals surface area contributed by atoms with Crippen LogP contribution in [0.25, 0.3) is 0 Å². The van der Waals surface area contributed by atoms with Crippen LogP contribution in [-0.2, 0) is 19.4 Å². The van der Waals surface area contributed by atoms with Gasteiger partial charge in [0, 0.05) is 5.56 Å². The van der Waals surface area contributed by atoms with Gasteiger partial charge in [-0.2, -0.15) is 0 Å². The molecule has 0 amide bonds. The molecule has 92 valence electrons. The molecule has 0 fully saturated rings. The van der Waals surface area contributed by atoms with E-state index in [9.17, 15) is 18.0 Å². The lowest BCUT2D eigenvalue weighted by Gasteiger charge is -2.02. The molecule has 0 aliphatic carbocycles. The van der Waals surface area contributed by atoms with Gasteiger partial charge in [0.25, 0.3) is 5.78 Å². The van der Waals surface area contributed by atoms with E-state index < -0.39 is 21.6 Å². The molecule has 0 aliphatic rings. The Morgan fingerprint density at radius 1 is 1.18 bits per heavy atom. The lowest BCUT2D eigenvalue weighted by atomic mass is 10.1. The van der Waals surface area contributed by atoms with Gasteiger partial charge in [0.05, 0.1) is 17.8 Å². The van der Waals surface area contributed by atoms with Crippen LogP contribution < -0.4 is 0 Å². The number of esters is 1. The average Bonchev–Trinajstić information content (AvgIpc) is 2.37. The summed E-state index contributed by atoms with van der Waals surface area (Å²) < 4.78 is 27.3. The van der Waals surface area contributed by atoms with Crippen LogP contribution in [0.3, 0.4) is 0 Å². The van der Waals surface area contributed by atoms with Crippen molar-refractivity contribution >= 4 is 21.6 Å². The molecule has 0 bridgehead atoms. The molecule has 0 saturated carbocycles. The highest BCUT2D eigenvalue weighted by atomic mass is 32.2. The first kappa shape index (κ1) is 13.4. The van der Waals surface area contributed by atoms with E-state index in [-0.39, 0.29) is 16.2 Å². The van der Waals surface area contributed by atoms with Crippen molar-refractivity contribution in [2.45, 2.75) is 11.8 Å². The van der Waals surface area contributed by atoms with Crippen LogP contribution >= 0.6 is 0 Å². The second-order valence-corrected chi connectivity index (χ2v) is 5.53. The predicted molar refractivity (Wildman–Crippen MR) is 60.5 cm³/mol. The molecule has 0 N–H and O–H groups in total. The highest BCUT2D eigenvalue weighted by Gasteiger charge is 2.18. The van der Waals surface area contributed by atoms with Crippen LogP contribution in [0.15, 0.2) is 29.2 Å². The van der Waals surface area contributed by atoms with Crippen molar-refractivity contribution in [2.24, 2.45) is 0 Å². The van der Waals surface area contributed by atoms with Crippen molar-refractivity contribution < 1.29 is 22.7 Å². The van der Waals surface area contributed by atoms with Gasteiger partial charge in [-0.05, 0) is 24.3 Å². The van der Waals surface area contributed by atoms with Gasteiger partial charge in [-0.25, -0.2) is 13.2 Å². The molecule has 1 aromatic rings. The van der Waals surface area contributed by atoms with Crippen molar-refractivity contribution in [3.8, 4) is 0 Å². The molecule has 0 unspecified atom stereocenters. The summed E-state index contributed by atoms with van der Waals surface area (Å²) >= 11 is 0. The Balaban J connectivity index is 3.05. The topological polar surface area (TPSA) is 77.5 Å². The van der Waals surface area contributed by atoms with Crippen LogP contribution in [0.5, 0.6) is 0 Å². The largest absolute Gasteiger partial charge is 0.463 e. The first-order chi connectivity index (χ1) is 7.92. The number of carbonyl (C=O) groups is 2. The summed E-state index contributed by atoms with van der Waals surface area (Å²) in [5.74, 6) is -1.79. The lowest BCUT2D eigenvalue weighted by Crippen LogP contribution is -2.15. The first-order valence-electron chi connectivity index (χ1n) is 4.88. The van der Waals surface area contributed by atoms with Gasteiger partial charge in [-0.1, -0.05) is 6.92 Å². The van der Waals surface area contributed by atoms with E-state index in [1.54, 1.807) is 0 Å². The molecule has 17 heavy (non-hydrogen) atoms. The number of hydrogen-bond acceptors (Lipinski definition) is 5. The Kier molecular flexibility index (Phi) is 4.01. The van der Waals surface area contributed by atoms with Crippen LogP contribution in [0.2, 0.25) is 0 Å². The van der Waals surface area contributed by atoms with Crippen molar-refractivity contribution in [1.82, 2.24) is 0 Å². The van der Waals surface area contributed by atoms with Gasteiger partial charge in [-0.15, -0.1) is 0 Å². The Hall–Kier alpha value is -1.69. The standard InChI is InChI=1S/C11H12O5S/c1-3-17(14,15)9-6-4-8(5-7-9)10(12)11(13)16-2/h4-7H,3H2,1-2H3. The third-order valence-electron chi connectivity index (χ3n) is 2.23. The van der Waals surface area contributed by atoms with Gasteiger partial charge in [0.15, 0.2) is 9.84 Å². The van der Waals surface area contributed by atoms with Gasteiger partial charge in [0.2, 0.25) is 0 Å². The maximum Gasteiger partial charge on any atom is 0.379 e. The van der Waals surface area contributed by atoms with Crippen LogP contribution in [0.1, 0.15) is 17.3 Å². The fraction of sp³-hybridized carbons (Fsp3) is 0.273. The zero-order chi connectivity index (χ0) is 13.1. The molecule has 0 aliphatic heterocycles. The SMILES string of the molecule is CCS(=O)(=O)c1ccc(C(=O)C(=O)OC)cc1. The number of ether oxygens (including phenoxy) is 1. The van der Waals surface area contributed by atoms with Gasteiger partial charge in [-0.3, -0.25) is 4.79 Å². The molecule has 6 heteroatoms. The summed E-state index contributed by atoms with van der Waals surface area (Å²) in [6, 6.07) is 5.19. The van der Waals surface area contributed by atoms with Gasteiger partial charge in [0.1, 0.15) is 0 Å². The van der Waals surface area contributed by atoms with Crippen LogP contribution in [0.4, 0.5) is 0 Å². The number of ketones is 1. The minimum absolute atomic E-state index is 0.0166. The summed E-state index contributed by atoms with van der Waals surface area (Å²) in [4.78, 5) is 22.5. The maximum absolute atomic E-state index is 11.5. The number of hydrogen-bond donors (Lipinski definition) is 0. The van der Waals surface area contributed by atoms with E-state index in [1.807, 2.05) is 0 Å². The van der Waals surface area contributed by atoms with Gasteiger partial charge < -0.3 is 4.74 Å². The van der Waals surface area contributed by atoms with E-state index in [0.717, 1.165) is 7.11 Å². The summed E-state index contributed by atoms with van der Waals surface area (Å²) in [5, 5.41) is 0. The molecule has 1 aromatic carbocycles.